The number of benzene rings is 2. The van der Waals surface area contributed by atoms with E-state index < -0.39 is 17.1 Å². The van der Waals surface area contributed by atoms with Crippen molar-refractivity contribution in [3.05, 3.63) is 94.2 Å². The molecule has 40 heavy (non-hydrogen) atoms. The van der Waals surface area contributed by atoms with Gasteiger partial charge in [0.15, 0.2) is 22.9 Å². The highest BCUT2D eigenvalue weighted by Gasteiger charge is 2.47. The maximum atomic E-state index is 13.6. The first-order valence-corrected chi connectivity index (χ1v) is 14.8. The molecule has 7 heteroatoms. The molecule has 1 aliphatic rings. The van der Waals surface area contributed by atoms with Crippen molar-refractivity contribution in [2.24, 2.45) is 0 Å². The molecular formula is C33H41ClFN3O2. The van der Waals surface area contributed by atoms with E-state index in [0.29, 0.717) is 17.1 Å². The number of carbonyl (C=O) groups is 1. The third kappa shape index (κ3) is 6.90. The van der Waals surface area contributed by atoms with Crippen molar-refractivity contribution in [2.45, 2.75) is 76.7 Å². The first-order chi connectivity index (χ1) is 19.3. The van der Waals surface area contributed by atoms with E-state index in [-0.39, 0.29) is 5.78 Å². The van der Waals surface area contributed by atoms with Gasteiger partial charge in [0.05, 0.1) is 16.4 Å². The average molecular weight is 566 g/mol. The molecule has 0 bridgehead atoms. The number of unbranched alkanes of at least 4 members (excludes halogenated alkanes) is 7. The van der Waals surface area contributed by atoms with Crippen LogP contribution in [0.5, 0.6) is 5.75 Å². The van der Waals surface area contributed by atoms with Crippen molar-refractivity contribution in [3.63, 3.8) is 0 Å². The van der Waals surface area contributed by atoms with Gasteiger partial charge in [0, 0.05) is 38.3 Å². The molecule has 2 heterocycles. The van der Waals surface area contributed by atoms with Crippen molar-refractivity contribution in [1.82, 2.24) is 9.88 Å². The number of allylic oxidation sites excluding steroid dienone is 1. The fourth-order valence-electron chi connectivity index (χ4n) is 5.79. The van der Waals surface area contributed by atoms with E-state index in [4.69, 9.17) is 11.6 Å². The highest BCUT2D eigenvalue weighted by Crippen LogP contribution is 2.41. The number of phenolic OH excluding ortho intramolecular Hbond substituents is 1. The molecule has 0 fully saturated rings. The normalized spacial score (nSPS) is 17.2. The zero-order chi connectivity index (χ0) is 28.5. The molecule has 5 nitrogen and oxygen atoms in total. The van der Waals surface area contributed by atoms with Crippen LogP contribution in [0.4, 0.5) is 10.1 Å². The van der Waals surface area contributed by atoms with Gasteiger partial charge >= 0.3 is 0 Å². The second kappa shape index (κ2) is 13.9. The summed E-state index contributed by atoms with van der Waals surface area (Å²) in [6.07, 6.45) is 14.9. The molecule has 1 aliphatic heterocycles. The average Bonchev–Trinajstić information content (AvgIpc) is 3.39. The predicted molar refractivity (Wildman–Crippen MR) is 161 cm³/mol. The summed E-state index contributed by atoms with van der Waals surface area (Å²) in [5, 5.41) is 12.8. The van der Waals surface area contributed by atoms with Crippen LogP contribution in [-0.4, -0.2) is 34.4 Å². The number of nitrogens with zero attached hydrogens (tertiary/aromatic N) is 1. The lowest BCUT2D eigenvalue weighted by molar-refractivity contribution is -0.127. The van der Waals surface area contributed by atoms with Gasteiger partial charge in [-0.25, -0.2) is 4.39 Å². The van der Waals surface area contributed by atoms with Gasteiger partial charge in [-0.1, -0.05) is 80.5 Å². The van der Waals surface area contributed by atoms with Crippen LogP contribution in [0.1, 0.15) is 81.5 Å². The Kier molecular flexibility index (Phi) is 10.3. The molecule has 2 aromatic carbocycles. The maximum absolute atomic E-state index is 13.6. The summed E-state index contributed by atoms with van der Waals surface area (Å²) in [4.78, 5) is 19.1. The van der Waals surface area contributed by atoms with Crippen LogP contribution in [0, 0.1) is 5.82 Å². The number of H-pyrrole nitrogens is 1. The van der Waals surface area contributed by atoms with Crippen LogP contribution < -0.4 is 5.32 Å². The lowest BCUT2D eigenvalue weighted by atomic mass is 9.77. The molecule has 4 rings (SSSR count). The number of aromatic nitrogens is 1. The first kappa shape index (κ1) is 29.7. The third-order valence-electron chi connectivity index (χ3n) is 7.85. The minimum Gasteiger partial charge on any atom is -0.505 e. The number of aryl methyl sites for hydroxylation is 1. The van der Waals surface area contributed by atoms with Crippen molar-refractivity contribution in [1.29, 1.82) is 0 Å². The fourth-order valence-corrected chi connectivity index (χ4v) is 6.02. The predicted octanol–water partition coefficient (Wildman–Crippen LogP) is 8.34. The van der Waals surface area contributed by atoms with E-state index in [1.807, 2.05) is 44.3 Å². The number of halogens is 2. The molecule has 0 aliphatic carbocycles. The number of anilines is 1. The highest BCUT2D eigenvalue weighted by molar-refractivity contribution is 6.33. The zero-order valence-corrected chi connectivity index (χ0v) is 24.4. The Morgan fingerprint density at radius 2 is 1.70 bits per heavy atom. The van der Waals surface area contributed by atoms with Gasteiger partial charge in [-0.3, -0.25) is 4.79 Å². The molecule has 1 atom stereocenters. The Hall–Kier alpha value is -3.25. The van der Waals surface area contributed by atoms with E-state index in [1.54, 1.807) is 0 Å². The molecule has 0 saturated carbocycles. The van der Waals surface area contributed by atoms with Gasteiger partial charge in [-0.15, -0.1) is 0 Å². The summed E-state index contributed by atoms with van der Waals surface area (Å²) in [5.41, 5.74) is 3.97. The second-order valence-corrected chi connectivity index (χ2v) is 11.4. The standard InChI is InChI=1S/C33H41ClFN3O2/c1-24-18-32(40)33(38(2)23-24,26-15-11-9-12-16-26)31-19-25(22-37-31)14-10-7-5-3-4-6-8-13-17-36-29-21-28(35)30(39)20-27(29)34/h9,11-12,15-16,19-23,36-37,39H,3-8,10,13-14,17-18H2,1-2H3. The summed E-state index contributed by atoms with van der Waals surface area (Å²) in [7, 11) is 2.00. The topological polar surface area (TPSA) is 68.4 Å². The van der Waals surface area contributed by atoms with Crippen molar-refractivity contribution in [2.75, 3.05) is 18.9 Å². The maximum Gasteiger partial charge on any atom is 0.173 e. The summed E-state index contributed by atoms with van der Waals surface area (Å²) in [6.45, 7) is 2.74. The molecular weight excluding hydrogens is 525 g/mol. The lowest BCUT2D eigenvalue weighted by Crippen LogP contribution is -2.51. The quantitative estimate of drug-likeness (QED) is 0.136. The van der Waals surface area contributed by atoms with Crippen LogP contribution in [0.15, 0.2) is 66.5 Å². The van der Waals surface area contributed by atoms with E-state index in [0.717, 1.165) is 49.1 Å². The summed E-state index contributed by atoms with van der Waals surface area (Å²) < 4.78 is 13.5. The molecule has 0 spiro atoms. The van der Waals surface area contributed by atoms with E-state index in [1.165, 1.54) is 49.8 Å². The van der Waals surface area contributed by atoms with Gasteiger partial charge in [-0.2, -0.15) is 0 Å². The number of aromatic hydroxyl groups is 1. The van der Waals surface area contributed by atoms with Crippen LogP contribution in [-0.2, 0) is 16.8 Å². The number of nitrogens with one attached hydrogen (secondary N) is 2. The van der Waals surface area contributed by atoms with E-state index >= 15 is 0 Å². The first-order valence-electron chi connectivity index (χ1n) is 14.4. The van der Waals surface area contributed by atoms with Crippen LogP contribution in [0.3, 0.4) is 0 Å². The Morgan fingerprint density at radius 1 is 1.02 bits per heavy atom. The van der Waals surface area contributed by atoms with Crippen molar-refractivity contribution in [3.8, 4) is 5.75 Å². The summed E-state index contributed by atoms with van der Waals surface area (Å²) in [6, 6.07) is 14.7. The largest absolute Gasteiger partial charge is 0.505 e. The SMILES string of the molecule is CC1=CN(C)C(c2ccccc2)(c2cc(CCCCCCCCCCNc3cc(F)c(O)cc3Cl)c[nH]2)C(=O)C1. The number of likely N-dealkylation sites (N-methyl/N-ethyl adjacent to an activating group) is 1. The second-order valence-electron chi connectivity index (χ2n) is 11.0. The molecule has 0 amide bonds. The lowest BCUT2D eigenvalue weighted by Gasteiger charge is -2.43. The van der Waals surface area contributed by atoms with E-state index in [9.17, 15) is 14.3 Å². The molecule has 3 aromatic rings. The number of hydrogen-bond donors (Lipinski definition) is 3. The number of Topliss-reactive ketones (excluding diaryl/α,β-unsaturated/α-hetero) is 1. The monoisotopic (exact) mass is 565 g/mol. The molecule has 1 unspecified atom stereocenters. The zero-order valence-electron chi connectivity index (χ0n) is 23.6. The third-order valence-corrected chi connectivity index (χ3v) is 8.17. The number of aromatic amines is 1. The van der Waals surface area contributed by atoms with Crippen LogP contribution in [0.2, 0.25) is 5.02 Å². The van der Waals surface area contributed by atoms with Gasteiger partial charge in [-0.05, 0) is 55.2 Å². The number of ketones is 1. The number of rotatable bonds is 14. The molecule has 3 N–H and O–H groups in total. The fraction of sp³-hybridized carbons (Fsp3) is 0.424. The van der Waals surface area contributed by atoms with Gasteiger partial charge < -0.3 is 20.3 Å². The molecule has 0 radical (unpaired) electrons. The molecule has 0 saturated heterocycles. The van der Waals surface area contributed by atoms with Gasteiger partial charge in [0.25, 0.3) is 0 Å². The van der Waals surface area contributed by atoms with Crippen LogP contribution >= 0.6 is 11.6 Å². The van der Waals surface area contributed by atoms with Gasteiger partial charge in [0.1, 0.15) is 0 Å². The number of phenols is 1. The Labute approximate surface area is 242 Å². The summed E-state index contributed by atoms with van der Waals surface area (Å²) in [5.74, 6) is -0.899. The van der Waals surface area contributed by atoms with Crippen molar-refractivity contribution < 1.29 is 14.3 Å². The Bertz CT molecular complexity index is 1310. The molecule has 1 aromatic heterocycles. The minimum atomic E-state index is -0.818. The van der Waals surface area contributed by atoms with Gasteiger partial charge in [0.2, 0.25) is 0 Å². The van der Waals surface area contributed by atoms with Crippen molar-refractivity contribution >= 4 is 23.1 Å². The van der Waals surface area contributed by atoms with E-state index in [2.05, 4.69) is 33.7 Å². The Morgan fingerprint density at radius 3 is 2.40 bits per heavy atom. The molecule has 214 valence electrons. The smallest absolute Gasteiger partial charge is 0.173 e. The van der Waals surface area contributed by atoms with Crippen LogP contribution in [0.25, 0.3) is 0 Å². The minimum absolute atomic E-state index is 0.198. The Balaban J connectivity index is 1.16. The number of hydrogen-bond acceptors (Lipinski definition) is 4. The highest BCUT2D eigenvalue weighted by atomic mass is 35.5. The summed E-state index contributed by atoms with van der Waals surface area (Å²) >= 11 is 6.04. The number of carbonyl (C=O) groups excluding carboxylic acids is 1.